The van der Waals surface area contributed by atoms with Crippen LogP contribution in [-0.2, 0) is 4.79 Å². The quantitative estimate of drug-likeness (QED) is 0.678. The van der Waals surface area contributed by atoms with E-state index in [1.807, 2.05) is 0 Å². The van der Waals surface area contributed by atoms with Crippen LogP contribution in [0.15, 0.2) is 18.2 Å². The molecule has 0 aromatic heterocycles. The number of hydrogen-bond acceptors (Lipinski definition) is 5. The van der Waals surface area contributed by atoms with Crippen LogP contribution in [0.1, 0.15) is 10.4 Å². The fourth-order valence-electron chi connectivity index (χ4n) is 2.17. The minimum absolute atomic E-state index is 0.0949. The zero-order valence-corrected chi connectivity index (χ0v) is 11.1. The Balaban J connectivity index is 2.31. The predicted molar refractivity (Wildman–Crippen MR) is 71.5 cm³/mol. The van der Waals surface area contributed by atoms with E-state index < -0.39 is 17.9 Å². The number of phenolic OH excluding ortho intramolecular Hbond substituents is 1. The minimum Gasteiger partial charge on any atom is -0.507 e. The normalized spacial score (nSPS) is 18.6. The van der Waals surface area contributed by atoms with Gasteiger partial charge < -0.3 is 25.8 Å². The van der Waals surface area contributed by atoms with Crippen LogP contribution in [0.4, 0.5) is 0 Å². The van der Waals surface area contributed by atoms with Crippen LogP contribution < -0.4 is 15.8 Å². The van der Waals surface area contributed by atoms with E-state index in [0.717, 1.165) is 0 Å². The second-order valence-corrected chi connectivity index (χ2v) is 4.50. The lowest BCUT2D eigenvalue weighted by molar-refractivity contribution is -0.122. The number of phenols is 1. The number of primary amides is 1. The van der Waals surface area contributed by atoms with Gasteiger partial charge in [-0.2, -0.15) is 0 Å². The molecular weight excluding hydrogens is 262 g/mol. The topological polar surface area (TPSA) is 105 Å². The summed E-state index contributed by atoms with van der Waals surface area (Å²) in [5.41, 5.74) is 5.40. The molecule has 1 atom stereocenters. The molecule has 1 aliphatic rings. The van der Waals surface area contributed by atoms with Crippen LogP contribution >= 0.6 is 0 Å². The number of hydrogen-bond donors (Lipinski definition) is 3. The van der Waals surface area contributed by atoms with Crippen molar-refractivity contribution in [2.75, 3.05) is 26.7 Å². The van der Waals surface area contributed by atoms with Gasteiger partial charge >= 0.3 is 0 Å². The Bertz CT molecular complexity index is 532. The van der Waals surface area contributed by atoms with Gasteiger partial charge in [-0.3, -0.25) is 9.59 Å². The zero-order chi connectivity index (χ0) is 14.7. The van der Waals surface area contributed by atoms with Crippen molar-refractivity contribution in [3.05, 3.63) is 23.8 Å². The molecule has 1 aromatic rings. The lowest BCUT2D eigenvalue weighted by Gasteiger charge is -2.34. The summed E-state index contributed by atoms with van der Waals surface area (Å²) in [6.45, 7) is 1.23. The van der Waals surface area contributed by atoms with Crippen molar-refractivity contribution in [1.29, 1.82) is 0 Å². The van der Waals surface area contributed by atoms with Crippen LogP contribution in [0.3, 0.4) is 0 Å². The molecule has 1 saturated heterocycles. The lowest BCUT2D eigenvalue weighted by atomic mass is 10.1. The Labute approximate surface area is 116 Å². The number of ether oxygens (including phenoxy) is 1. The SMILES string of the molecule is COc1ccc(O)c(C(=O)N2CCNCC2C(N)=O)c1. The van der Waals surface area contributed by atoms with Gasteiger partial charge in [-0.1, -0.05) is 0 Å². The van der Waals surface area contributed by atoms with Gasteiger partial charge in [0.15, 0.2) is 0 Å². The summed E-state index contributed by atoms with van der Waals surface area (Å²) in [5, 5.41) is 12.8. The van der Waals surface area contributed by atoms with E-state index >= 15 is 0 Å². The monoisotopic (exact) mass is 279 g/mol. The van der Waals surface area contributed by atoms with E-state index in [1.165, 1.54) is 24.1 Å². The van der Waals surface area contributed by atoms with Crippen molar-refractivity contribution < 1.29 is 19.4 Å². The molecule has 0 aliphatic carbocycles. The standard InChI is InChI=1S/C13H17N3O4/c1-20-8-2-3-11(17)9(6-8)13(19)16-5-4-15-7-10(16)12(14)18/h2-3,6,10,15,17H,4-5,7H2,1H3,(H2,14,18). The molecule has 2 rings (SSSR count). The maximum absolute atomic E-state index is 12.5. The summed E-state index contributed by atoms with van der Waals surface area (Å²) in [6.07, 6.45) is 0. The molecule has 7 heteroatoms. The Morgan fingerprint density at radius 1 is 1.50 bits per heavy atom. The van der Waals surface area contributed by atoms with Gasteiger partial charge in [0.2, 0.25) is 5.91 Å². The number of nitrogens with two attached hydrogens (primary N) is 1. The van der Waals surface area contributed by atoms with Crippen molar-refractivity contribution in [1.82, 2.24) is 10.2 Å². The summed E-state index contributed by atoms with van der Waals surface area (Å²) >= 11 is 0. The number of benzene rings is 1. The van der Waals surface area contributed by atoms with Crippen LogP contribution in [-0.4, -0.2) is 54.6 Å². The van der Waals surface area contributed by atoms with Gasteiger partial charge in [-0.05, 0) is 18.2 Å². The van der Waals surface area contributed by atoms with Crippen molar-refractivity contribution in [3.63, 3.8) is 0 Å². The molecule has 7 nitrogen and oxygen atoms in total. The molecule has 0 radical (unpaired) electrons. The molecule has 1 unspecified atom stereocenters. The predicted octanol–water partition coefficient (Wildman–Crippen LogP) is -0.700. The molecule has 1 aromatic carbocycles. The number of rotatable bonds is 3. The van der Waals surface area contributed by atoms with Crippen molar-refractivity contribution >= 4 is 11.8 Å². The van der Waals surface area contributed by atoms with Crippen molar-refractivity contribution in [2.45, 2.75) is 6.04 Å². The molecule has 0 spiro atoms. The number of amides is 2. The van der Waals surface area contributed by atoms with E-state index in [2.05, 4.69) is 5.32 Å². The van der Waals surface area contributed by atoms with Crippen molar-refractivity contribution in [3.8, 4) is 11.5 Å². The van der Waals surface area contributed by atoms with Crippen LogP contribution in [0, 0.1) is 0 Å². The third-order valence-electron chi connectivity index (χ3n) is 3.27. The third-order valence-corrected chi connectivity index (χ3v) is 3.27. The van der Waals surface area contributed by atoms with E-state index in [-0.39, 0.29) is 11.3 Å². The number of nitrogens with one attached hydrogen (secondary N) is 1. The maximum Gasteiger partial charge on any atom is 0.258 e. The van der Waals surface area contributed by atoms with E-state index in [1.54, 1.807) is 6.07 Å². The smallest absolute Gasteiger partial charge is 0.258 e. The average molecular weight is 279 g/mol. The average Bonchev–Trinajstić information content (AvgIpc) is 2.47. The number of nitrogens with zero attached hydrogens (tertiary/aromatic N) is 1. The van der Waals surface area contributed by atoms with Crippen molar-refractivity contribution in [2.24, 2.45) is 5.73 Å². The molecule has 2 amide bonds. The lowest BCUT2D eigenvalue weighted by Crippen LogP contribution is -2.58. The number of carbonyl (C=O) groups is 2. The first-order valence-electron chi connectivity index (χ1n) is 6.22. The van der Waals surface area contributed by atoms with Gasteiger partial charge in [0, 0.05) is 19.6 Å². The summed E-state index contributed by atoms with van der Waals surface area (Å²) in [6, 6.07) is 3.66. The molecule has 0 saturated carbocycles. The van der Waals surface area contributed by atoms with Gasteiger partial charge in [-0.25, -0.2) is 0 Å². The zero-order valence-electron chi connectivity index (χ0n) is 11.1. The second-order valence-electron chi connectivity index (χ2n) is 4.50. The van der Waals surface area contributed by atoms with Gasteiger partial charge in [0.1, 0.15) is 17.5 Å². The van der Waals surface area contributed by atoms with E-state index in [9.17, 15) is 14.7 Å². The minimum atomic E-state index is -0.721. The molecule has 1 fully saturated rings. The first-order valence-corrected chi connectivity index (χ1v) is 6.22. The fraction of sp³-hybridized carbons (Fsp3) is 0.385. The molecular formula is C13H17N3O4. The van der Waals surface area contributed by atoms with Crippen LogP contribution in [0.5, 0.6) is 11.5 Å². The summed E-state index contributed by atoms with van der Waals surface area (Å²) in [5.74, 6) is -0.714. The number of piperazine rings is 1. The molecule has 1 heterocycles. The summed E-state index contributed by atoms with van der Waals surface area (Å²) in [7, 11) is 1.47. The number of aromatic hydroxyl groups is 1. The largest absolute Gasteiger partial charge is 0.507 e. The highest BCUT2D eigenvalue weighted by molar-refractivity contribution is 6.00. The Kier molecular flexibility index (Phi) is 4.09. The molecule has 4 N–H and O–H groups in total. The molecule has 1 aliphatic heterocycles. The van der Waals surface area contributed by atoms with Crippen LogP contribution in [0.2, 0.25) is 0 Å². The highest BCUT2D eigenvalue weighted by Crippen LogP contribution is 2.25. The van der Waals surface area contributed by atoms with E-state index in [4.69, 9.17) is 10.5 Å². The number of carbonyl (C=O) groups excluding carboxylic acids is 2. The fourth-order valence-corrected chi connectivity index (χ4v) is 2.17. The van der Waals surface area contributed by atoms with Gasteiger partial charge in [0.05, 0.1) is 12.7 Å². The van der Waals surface area contributed by atoms with Gasteiger partial charge in [-0.15, -0.1) is 0 Å². The van der Waals surface area contributed by atoms with Crippen LogP contribution in [0.25, 0.3) is 0 Å². The first-order chi connectivity index (χ1) is 9.54. The Morgan fingerprint density at radius 2 is 2.25 bits per heavy atom. The molecule has 108 valence electrons. The first kappa shape index (κ1) is 14.1. The second kappa shape index (κ2) is 5.79. The molecule has 20 heavy (non-hydrogen) atoms. The highest BCUT2D eigenvalue weighted by atomic mass is 16.5. The Morgan fingerprint density at radius 3 is 2.90 bits per heavy atom. The van der Waals surface area contributed by atoms with E-state index in [0.29, 0.717) is 25.4 Å². The number of methoxy groups -OCH3 is 1. The molecule has 0 bridgehead atoms. The third kappa shape index (κ3) is 2.67. The summed E-state index contributed by atoms with van der Waals surface area (Å²) < 4.78 is 5.04. The maximum atomic E-state index is 12.5. The van der Waals surface area contributed by atoms with Gasteiger partial charge in [0.25, 0.3) is 5.91 Å². The highest BCUT2D eigenvalue weighted by Gasteiger charge is 2.32. The summed E-state index contributed by atoms with van der Waals surface area (Å²) in [4.78, 5) is 25.3. The Hall–Kier alpha value is -2.28.